The summed E-state index contributed by atoms with van der Waals surface area (Å²) in [6.45, 7) is 0. The second-order valence-corrected chi connectivity index (χ2v) is 1.22. The Morgan fingerprint density at radius 2 is 1.00 bits per heavy atom. The van der Waals surface area contributed by atoms with Gasteiger partial charge in [-0.25, -0.2) is 0 Å². The molecule has 52 valence electrons. The molecule has 0 aromatic rings. The Morgan fingerprint density at radius 3 is 1.00 bits per heavy atom. The molecule has 3 heteroatoms. The average molecular weight is 229 g/mol. The molecule has 0 saturated carbocycles. The summed E-state index contributed by atoms with van der Waals surface area (Å²) < 4.78 is 0. The second-order valence-electron chi connectivity index (χ2n) is 0.408. The van der Waals surface area contributed by atoms with Crippen molar-refractivity contribution < 1.29 is 20.4 Å². The molecule has 0 nitrogen and oxygen atoms in total. The molecule has 0 spiro atoms. The normalized spacial score (nSPS) is 4.29. The van der Waals surface area contributed by atoms with Crippen LogP contribution in [0.15, 0.2) is 0 Å². The van der Waals surface area contributed by atoms with Crippen molar-refractivity contribution >= 4 is 25.3 Å². The van der Waals surface area contributed by atoms with E-state index >= 15 is 0 Å². The molecule has 0 aliphatic carbocycles. The topological polar surface area (TPSA) is 0 Å². The van der Waals surface area contributed by atoms with Crippen LogP contribution in [-0.2, 0) is 45.7 Å². The minimum Gasteiger partial charge on any atom is -0.794 e. The van der Waals surface area contributed by atoms with Gasteiger partial charge >= 0.3 is 0 Å². The van der Waals surface area contributed by atoms with Crippen LogP contribution in [0, 0.1) is 14.9 Å². The fourth-order valence-corrected chi connectivity index (χ4v) is 0. The van der Waals surface area contributed by atoms with Gasteiger partial charge in [-0.2, -0.15) is 11.5 Å². The summed E-state index contributed by atoms with van der Waals surface area (Å²) in [7, 11) is 0. The average Bonchev–Trinajstić information content (AvgIpc) is 1.37. The summed E-state index contributed by atoms with van der Waals surface area (Å²) in [5.41, 5.74) is 0. The molecule has 0 N–H and O–H groups in total. The van der Waals surface area contributed by atoms with E-state index in [0.29, 0.717) is 0 Å². The Balaban J connectivity index is -0.0000000150. The van der Waals surface area contributed by atoms with Gasteiger partial charge in [0.05, 0.1) is 0 Å². The van der Waals surface area contributed by atoms with Crippen LogP contribution in [-0.4, -0.2) is 11.5 Å². The van der Waals surface area contributed by atoms with E-state index in [0.717, 1.165) is 11.5 Å². The molecular formula is C4H10PdS2-4. The molecule has 0 unspecified atom stereocenters. The molecule has 0 aromatic carbocycles. The van der Waals surface area contributed by atoms with Crippen molar-refractivity contribution in [1.29, 1.82) is 0 Å². The van der Waals surface area contributed by atoms with E-state index in [1.807, 2.05) is 0 Å². The Kier molecular flexibility index (Phi) is 89.7. The molecule has 0 aliphatic rings. The van der Waals surface area contributed by atoms with Gasteiger partial charge in [0.1, 0.15) is 0 Å². The smallest absolute Gasteiger partial charge is 0 e. The molecule has 0 bridgehead atoms. The third-order valence-electron chi connectivity index (χ3n) is 0.0833. The predicted octanol–water partition coefficient (Wildman–Crippen LogP) is 0.978. The third kappa shape index (κ3) is 37.9. The Bertz CT molecular complexity index is 11.7. The molecule has 0 heterocycles. The first kappa shape index (κ1) is 23.8. The van der Waals surface area contributed by atoms with E-state index in [1.165, 1.54) is 0 Å². The molecule has 0 amide bonds. The quantitative estimate of drug-likeness (QED) is 0.373. The zero-order valence-electron chi connectivity index (χ0n) is 4.55. The largest absolute Gasteiger partial charge is 0.794 e. The van der Waals surface area contributed by atoms with Crippen LogP contribution in [0.3, 0.4) is 0 Å². The SMILES string of the molecule is [CH3-].[CH3-].[Pd].[S-]CC[S-]. The van der Waals surface area contributed by atoms with Crippen molar-refractivity contribution in [2.24, 2.45) is 0 Å². The van der Waals surface area contributed by atoms with Crippen LogP contribution in [0.4, 0.5) is 0 Å². The van der Waals surface area contributed by atoms with Gasteiger partial charge in [0.2, 0.25) is 0 Å². The number of hydrogen-bond acceptors (Lipinski definition) is 2. The molecule has 0 rings (SSSR count). The van der Waals surface area contributed by atoms with Crippen molar-refractivity contribution in [3.05, 3.63) is 14.9 Å². The zero-order valence-corrected chi connectivity index (χ0v) is 7.73. The Morgan fingerprint density at radius 1 is 0.857 bits per heavy atom. The van der Waals surface area contributed by atoms with Gasteiger partial charge in [0, 0.05) is 20.4 Å². The monoisotopic (exact) mass is 228 g/mol. The van der Waals surface area contributed by atoms with Gasteiger partial charge in [-0.05, 0) is 0 Å². The van der Waals surface area contributed by atoms with Gasteiger partial charge in [-0.1, -0.05) is 0 Å². The number of rotatable bonds is 1. The maximum absolute atomic E-state index is 4.45. The Hall–Kier alpha value is 1.36. The maximum atomic E-state index is 4.45. The first-order valence-electron chi connectivity index (χ1n) is 1.08. The van der Waals surface area contributed by atoms with Crippen LogP contribution in [0.5, 0.6) is 0 Å². The van der Waals surface area contributed by atoms with Crippen LogP contribution in [0.25, 0.3) is 0 Å². The van der Waals surface area contributed by atoms with E-state index in [9.17, 15) is 0 Å². The Labute approximate surface area is 71.9 Å². The summed E-state index contributed by atoms with van der Waals surface area (Å²) in [6.07, 6.45) is 0. The van der Waals surface area contributed by atoms with E-state index in [4.69, 9.17) is 0 Å². The standard InChI is InChI=1S/C2H6S2.2CH3.Pd/c3-1-2-4;;;/h3-4H,1-2H2;2*1H3;/q;2*-1;/p-2. The fourth-order valence-electron chi connectivity index (χ4n) is 0. The van der Waals surface area contributed by atoms with E-state index < -0.39 is 0 Å². The fraction of sp³-hybridized carbons (Fsp3) is 0.500. The van der Waals surface area contributed by atoms with Gasteiger partial charge in [-0.15, -0.1) is 0 Å². The van der Waals surface area contributed by atoms with Gasteiger partial charge in [0.25, 0.3) is 0 Å². The molecular weight excluding hydrogens is 219 g/mol. The molecule has 0 saturated heterocycles. The van der Waals surface area contributed by atoms with Crippen molar-refractivity contribution in [3.8, 4) is 0 Å². The summed E-state index contributed by atoms with van der Waals surface area (Å²) in [5, 5.41) is 0. The first-order valence-corrected chi connectivity index (χ1v) is 2.23. The van der Waals surface area contributed by atoms with Crippen molar-refractivity contribution in [2.45, 2.75) is 0 Å². The summed E-state index contributed by atoms with van der Waals surface area (Å²) >= 11 is 8.90. The first-order chi connectivity index (χ1) is 1.91. The molecule has 0 atom stereocenters. The number of hydrogen-bond donors (Lipinski definition) is 0. The van der Waals surface area contributed by atoms with E-state index in [1.54, 1.807) is 0 Å². The molecule has 0 radical (unpaired) electrons. The summed E-state index contributed by atoms with van der Waals surface area (Å²) in [6, 6.07) is 0. The van der Waals surface area contributed by atoms with Crippen LogP contribution >= 0.6 is 0 Å². The zero-order chi connectivity index (χ0) is 3.41. The van der Waals surface area contributed by atoms with Gasteiger partial charge in [-0.3, -0.25) is 0 Å². The van der Waals surface area contributed by atoms with E-state index in [-0.39, 0.29) is 35.3 Å². The minimum atomic E-state index is 0. The van der Waals surface area contributed by atoms with Crippen molar-refractivity contribution in [3.63, 3.8) is 0 Å². The maximum Gasteiger partial charge on any atom is 0 e. The van der Waals surface area contributed by atoms with Gasteiger partial charge < -0.3 is 40.1 Å². The van der Waals surface area contributed by atoms with Crippen LogP contribution in [0.1, 0.15) is 0 Å². The van der Waals surface area contributed by atoms with Crippen LogP contribution < -0.4 is 0 Å². The van der Waals surface area contributed by atoms with E-state index in [2.05, 4.69) is 25.3 Å². The van der Waals surface area contributed by atoms with Crippen LogP contribution in [0.2, 0.25) is 0 Å². The summed E-state index contributed by atoms with van der Waals surface area (Å²) in [5.74, 6) is 1.44. The van der Waals surface area contributed by atoms with Gasteiger partial charge in [0.15, 0.2) is 0 Å². The third-order valence-corrected chi connectivity index (χ3v) is 0.750. The predicted molar refractivity (Wildman–Crippen MR) is 37.3 cm³/mol. The van der Waals surface area contributed by atoms with Crippen molar-refractivity contribution in [1.82, 2.24) is 0 Å². The molecule has 0 aromatic heterocycles. The van der Waals surface area contributed by atoms with Crippen molar-refractivity contribution in [2.75, 3.05) is 11.5 Å². The molecule has 0 aliphatic heterocycles. The second kappa shape index (κ2) is 26.4. The molecule has 0 fully saturated rings. The summed E-state index contributed by atoms with van der Waals surface area (Å²) in [4.78, 5) is 0. The minimum absolute atomic E-state index is 0. The molecule has 7 heavy (non-hydrogen) atoms.